The van der Waals surface area contributed by atoms with Gasteiger partial charge in [0.15, 0.2) is 0 Å². The first kappa shape index (κ1) is 15.6. The lowest BCUT2D eigenvalue weighted by molar-refractivity contribution is 0.0715. The molecule has 0 fully saturated rings. The summed E-state index contributed by atoms with van der Waals surface area (Å²) < 4.78 is 0. The number of aliphatic hydroxyl groups excluding tert-OH is 1. The van der Waals surface area contributed by atoms with Crippen LogP contribution in [0.1, 0.15) is 30.1 Å². The molecule has 20 heavy (non-hydrogen) atoms. The third kappa shape index (κ3) is 2.81. The Hall–Kier alpha value is -0.750. The molecule has 2 heterocycles. The van der Waals surface area contributed by atoms with Crippen LogP contribution < -0.4 is 0 Å². The molecule has 2 rings (SSSR count). The van der Waals surface area contributed by atoms with Crippen molar-refractivity contribution in [3.05, 3.63) is 21.4 Å². The zero-order valence-electron chi connectivity index (χ0n) is 12.5. The highest BCUT2D eigenvalue weighted by molar-refractivity contribution is 7.18. The number of thiophene rings is 1. The fraction of sp³-hybridized carbons (Fsp3) is 0.571. The lowest BCUT2D eigenvalue weighted by atomic mass is 10.1. The fourth-order valence-corrected chi connectivity index (χ4v) is 3.29. The molecule has 0 spiro atoms. The van der Waals surface area contributed by atoms with E-state index in [-0.39, 0.29) is 12.1 Å². The number of aliphatic hydroxyl groups is 1. The van der Waals surface area contributed by atoms with Gasteiger partial charge in [-0.3, -0.25) is 4.90 Å². The Morgan fingerprint density at radius 3 is 2.55 bits per heavy atom. The van der Waals surface area contributed by atoms with Crippen LogP contribution in [-0.4, -0.2) is 39.2 Å². The molecule has 110 valence electrons. The molecule has 0 amide bonds. The number of fused-ring (bicyclic) bond motifs is 1. The molecule has 0 unspecified atom stereocenters. The number of rotatable bonds is 4. The topological polar surface area (TPSA) is 49.2 Å². The molecule has 2 aromatic rings. The highest BCUT2D eigenvalue weighted by Gasteiger charge is 2.24. The van der Waals surface area contributed by atoms with Crippen molar-refractivity contribution < 1.29 is 5.11 Å². The van der Waals surface area contributed by atoms with Gasteiger partial charge < -0.3 is 5.11 Å². The summed E-state index contributed by atoms with van der Waals surface area (Å²) in [7, 11) is 1.95. The largest absolute Gasteiger partial charge is 0.394 e. The van der Waals surface area contributed by atoms with E-state index in [1.807, 2.05) is 32.7 Å². The molecule has 0 radical (unpaired) electrons. The lowest BCUT2D eigenvalue weighted by Gasteiger charge is -2.33. The number of hydrogen-bond acceptors (Lipinski definition) is 5. The summed E-state index contributed by atoms with van der Waals surface area (Å²) in [4.78, 5) is 13.2. The average Bonchev–Trinajstić information content (AvgIpc) is 2.65. The van der Waals surface area contributed by atoms with Gasteiger partial charge in [0.2, 0.25) is 0 Å². The number of aryl methyl sites for hydroxylation is 2. The van der Waals surface area contributed by atoms with Crippen LogP contribution in [0.2, 0.25) is 5.15 Å². The van der Waals surface area contributed by atoms with Crippen LogP contribution in [-0.2, 0) is 6.54 Å². The molecular weight excluding hydrogens is 294 g/mol. The molecule has 0 aliphatic rings. The van der Waals surface area contributed by atoms with Crippen molar-refractivity contribution in [2.45, 2.75) is 39.8 Å². The lowest BCUT2D eigenvalue weighted by Crippen LogP contribution is -2.43. The summed E-state index contributed by atoms with van der Waals surface area (Å²) in [6.07, 6.45) is 0. The molecule has 0 aliphatic carbocycles. The Morgan fingerprint density at radius 1 is 1.30 bits per heavy atom. The van der Waals surface area contributed by atoms with Crippen molar-refractivity contribution >= 4 is 33.2 Å². The van der Waals surface area contributed by atoms with Gasteiger partial charge in [0.1, 0.15) is 15.8 Å². The van der Waals surface area contributed by atoms with Crippen molar-refractivity contribution in [1.29, 1.82) is 0 Å². The first-order chi connectivity index (χ1) is 9.26. The SMILES string of the molecule is Cc1sc2nc(CN(C)C(C)(C)CO)nc(Cl)c2c1C. The maximum absolute atomic E-state index is 9.40. The summed E-state index contributed by atoms with van der Waals surface area (Å²) in [5, 5.41) is 10.9. The first-order valence-corrected chi connectivity index (χ1v) is 7.70. The predicted octanol–water partition coefficient (Wildman–Crippen LogP) is 3.16. The summed E-state index contributed by atoms with van der Waals surface area (Å²) in [5.41, 5.74) is 0.845. The van der Waals surface area contributed by atoms with Gasteiger partial charge >= 0.3 is 0 Å². The van der Waals surface area contributed by atoms with Crippen LogP contribution in [0, 0.1) is 13.8 Å². The van der Waals surface area contributed by atoms with E-state index in [4.69, 9.17) is 11.6 Å². The molecule has 0 bridgehead atoms. The quantitative estimate of drug-likeness (QED) is 0.881. The predicted molar refractivity (Wildman–Crippen MR) is 84.5 cm³/mol. The Kier molecular flexibility index (Phi) is 4.35. The van der Waals surface area contributed by atoms with Crippen molar-refractivity contribution in [2.75, 3.05) is 13.7 Å². The second-order valence-corrected chi connectivity index (χ2v) is 7.28. The molecule has 4 nitrogen and oxygen atoms in total. The monoisotopic (exact) mass is 313 g/mol. The number of halogens is 1. The number of aromatic nitrogens is 2. The van der Waals surface area contributed by atoms with Crippen molar-refractivity contribution in [3.63, 3.8) is 0 Å². The molecule has 0 atom stereocenters. The van der Waals surface area contributed by atoms with Crippen LogP contribution in [0.3, 0.4) is 0 Å². The van der Waals surface area contributed by atoms with Crippen molar-refractivity contribution in [2.24, 2.45) is 0 Å². The van der Waals surface area contributed by atoms with E-state index in [0.717, 1.165) is 15.8 Å². The van der Waals surface area contributed by atoms with Crippen molar-refractivity contribution in [1.82, 2.24) is 14.9 Å². The van der Waals surface area contributed by atoms with E-state index in [1.54, 1.807) is 11.3 Å². The second kappa shape index (κ2) is 5.56. The Bertz CT molecular complexity index is 639. The maximum Gasteiger partial charge on any atom is 0.145 e. The minimum absolute atomic E-state index is 0.0801. The van der Waals surface area contributed by atoms with E-state index in [0.29, 0.717) is 17.5 Å². The molecule has 0 aromatic carbocycles. The van der Waals surface area contributed by atoms with Gasteiger partial charge in [0.25, 0.3) is 0 Å². The Morgan fingerprint density at radius 2 is 1.95 bits per heavy atom. The second-order valence-electron chi connectivity index (χ2n) is 5.72. The van der Waals surface area contributed by atoms with Crippen LogP contribution >= 0.6 is 22.9 Å². The van der Waals surface area contributed by atoms with E-state index < -0.39 is 0 Å². The molecule has 0 aliphatic heterocycles. The van der Waals surface area contributed by atoms with E-state index in [9.17, 15) is 5.11 Å². The van der Waals surface area contributed by atoms with Gasteiger partial charge in [0, 0.05) is 10.4 Å². The smallest absolute Gasteiger partial charge is 0.145 e. The van der Waals surface area contributed by atoms with Crippen LogP contribution in [0.4, 0.5) is 0 Å². The van der Waals surface area contributed by atoms with Gasteiger partial charge in [-0.1, -0.05) is 11.6 Å². The third-order valence-corrected chi connectivity index (χ3v) is 5.20. The summed E-state index contributed by atoms with van der Waals surface area (Å²) >= 11 is 7.94. The standard InChI is InChI=1S/C14H20ClN3OS/c1-8-9(2)20-13-11(8)12(15)16-10(17-13)6-18(5)14(3,4)7-19/h19H,6-7H2,1-5H3. The van der Waals surface area contributed by atoms with E-state index >= 15 is 0 Å². The zero-order valence-corrected chi connectivity index (χ0v) is 14.1. The number of hydrogen-bond donors (Lipinski definition) is 1. The van der Waals surface area contributed by atoms with Crippen LogP contribution in [0.15, 0.2) is 0 Å². The number of nitrogens with zero attached hydrogens (tertiary/aromatic N) is 3. The minimum Gasteiger partial charge on any atom is -0.394 e. The number of likely N-dealkylation sites (N-methyl/N-ethyl adjacent to an activating group) is 1. The van der Waals surface area contributed by atoms with Gasteiger partial charge in [-0.2, -0.15) is 0 Å². The molecule has 0 saturated heterocycles. The third-order valence-electron chi connectivity index (χ3n) is 3.83. The average molecular weight is 314 g/mol. The first-order valence-electron chi connectivity index (χ1n) is 6.50. The molecule has 0 saturated carbocycles. The Balaban J connectivity index is 2.37. The van der Waals surface area contributed by atoms with Gasteiger partial charge in [0.05, 0.1) is 18.5 Å². The summed E-state index contributed by atoms with van der Waals surface area (Å²) in [5.74, 6) is 0.688. The normalized spacial score (nSPS) is 12.6. The van der Waals surface area contributed by atoms with Gasteiger partial charge in [-0.05, 0) is 40.3 Å². The fourth-order valence-electron chi connectivity index (χ4n) is 1.86. The Labute approximate surface area is 128 Å². The maximum atomic E-state index is 9.40. The zero-order chi connectivity index (χ0) is 15.1. The molecular formula is C14H20ClN3OS. The van der Waals surface area contributed by atoms with E-state index in [1.165, 1.54) is 4.88 Å². The van der Waals surface area contributed by atoms with E-state index in [2.05, 4.69) is 16.9 Å². The molecule has 1 N–H and O–H groups in total. The van der Waals surface area contributed by atoms with Gasteiger partial charge in [-0.25, -0.2) is 9.97 Å². The van der Waals surface area contributed by atoms with Crippen LogP contribution in [0.25, 0.3) is 10.2 Å². The highest BCUT2D eigenvalue weighted by atomic mass is 35.5. The molecule has 2 aromatic heterocycles. The highest BCUT2D eigenvalue weighted by Crippen LogP contribution is 2.33. The molecule has 6 heteroatoms. The van der Waals surface area contributed by atoms with Crippen molar-refractivity contribution in [3.8, 4) is 0 Å². The summed E-state index contributed by atoms with van der Waals surface area (Å²) in [6.45, 7) is 8.71. The summed E-state index contributed by atoms with van der Waals surface area (Å²) in [6, 6.07) is 0. The minimum atomic E-state index is -0.313. The van der Waals surface area contributed by atoms with Crippen LogP contribution in [0.5, 0.6) is 0 Å². The van der Waals surface area contributed by atoms with Gasteiger partial charge in [-0.15, -0.1) is 11.3 Å².